The monoisotopic (exact) mass is 410 g/mol. The molecule has 0 bridgehead atoms. The number of imidazole rings is 1. The lowest BCUT2D eigenvalue weighted by Gasteiger charge is -2.16. The van der Waals surface area contributed by atoms with E-state index in [1.54, 1.807) is 0 Å². The molecule has 0 saturated heterocycles. The molecule has 1 heterocycles. The van der Waals surface area contributed by atoms with Crippen LogP contribution >= 0.6 is 46.6 Å². The quantitative estimate of drug-likeness (QED) is 0.425. The van der Waals surface area contributed by atoms with Crippen molar-refractivity contribution in [2.24, 2.45) is 0 Å². The number of benzene rings is 1. The van der Waals surface area contributed by atoms with Crippen molar-refractivity contribution in [1.82, 2.24) is 9.55 Å². The third-order valence-electron chi connectivity index (χ3n) is 2.73. The van der Waals surface area contributed by atoms with Gasteiger partial charge in [0.25, 0.3) is 5.76 Å². The van der Waals surface area contributed by atoms with Crippen molar-refractivity contribution in [3.8, 4) is 5.69 Å². The second-order valence-corrected chi connectivity index (χ2v) is 6.41. The molecular formula is C12H6Cl3F5N2S. The summed E-state index contributed by atoms with van der Waals surface area (Å²) in [5.41, 5.74) is -1.15. The Morgan fingerprint density at radius 2 is 1.65 bits per heavy atom. The number of hydrogen-bond acceptors (Lipinski definition) is 2. The predicted molar refractivity (Wildman–Crippen MR) is 80.2 cm³/mol. The molecule has 1 aromatic carbocycles. The number of alkyl halides is 5. The van der Waals surface area contributed by atoms with E-state index in [-0.39, 0.29) is 43.5 Å². The van der Waals surface area contributed by atoms with E-state index in [1.165, 1.54) is 6.92 Å². The number of halogens is 8. The van der Waals surface area contributed by atoms with Gasteiger partial charge in [-0.05, 0) is 30.8 Å². The van der Waals surface area contributed by atoms with Crippen molar-refractivity contribution in [3.63, 3.8) is 0 Å². The lowest BCUT2D eigenvalue weighted by Crippen LogP contribution is -2.08. The first-order valence-corrected chi connectivity index (χ1v) is 7.80. The molecule has 23 heavy (non-hydrogen) atoms. The van der Waals surface area contributed by atoms with Gasteiger partial charge in [0.2, 0.25) is 0 Å². The van der Waals surface area contributed by atoms with Gasteiger partial charge >= 0.3 is 6.18 Å². The Morgan fingerprint density at radius 1 is 1.13 bits per heavy atom. The molecule has 11 heteroatoms. The van der Waals surface area contributed by atoms with Crippen molar-refractivity contribution in [2.45, 2.75) is 23.9 Å². The summed E-state index contributed by atoms with van der Waals surface area (Å²) in [5, 5.41) is -1.11. The molecule has 2 aromatic rings. The second kappa shape index (κ2) is 6.66. The van der Waals surface area contributed by atoms with Crippen LogP contribution in [0.3, 0.4) is 0 Å². The van der Waals surface area contributed by atoms with Gasteiger partial charge in [0, 0.05) is 0 Å². The molecule has 1 aromatic heterocycles. The first kappa shape index (κ1) is 18.6. The minimum Gasteiger partial charge on any atom is -0.287 e. The summed E-state index contributed by atoms with van der Waals surface area (Å²) in [7, 11) is 0. The van der Waals surface area contributed by atoms with Gasteiger partial charge in [0.05, 0.1) is 21.3 Å². The fraction of sp³-hybridized carbons (Fsp3) is 0.250. The van der Waals surface area contributed by atoms with Gasteiger partial charge in [-0.25, -0.2) is 4.98 Å². The lowest BCUT2D eigenvalue weighted by atomic mass is 10.2. The Hall–Kier alpha value is -0.700. The van der Waals surface area contributed by atoms with Gasteiger partial charge < -0.3 is 0 Å². The van der Waals surface area contributed by atoms with Crippen molar-refractivity contribution in [2.75, 3.05) is 0 Å². The van der Waals surface area contributed by atoms with Crippen LogP contribution in [0.2, 0.25) is 15.2 Å². The fourth-order valence-corrected chi connectivity index (χ4v) is 3.51. The fourth-order valence-electron chi connectivity index (χ4n) is 1.87. The number of aromatic nitrogens is 2. The topological polar surface area (TPSA) is 17.8 Å². The van der Waals surface area contributed by atoms with Gasteiger partial charge in [0.1, 0.15) is 10.9 Å². The average molecular weight is 412 g/mol. The number of aryl methyl sites for hydroxylation is 1. The molecule has 0 amide bonds. The molecular weight excluding hydrogens is 406 g/mol. The zero-order valence-electron chi connectivity index (χ0n) is 11.1. The molecule has 0 aliphatic carbocycles. The number of thioether (sulfide) groups is 1. The van der Waals surface area contributed by atoms with Crippen molar-refractivity contribution in [1.29, 1.82) is 0 Å². The summed E-state index contributed by atoms with van der Waals surface area (Å²) in [5.74, 6) is -2.66. The summed E-state index contributed by atoms with van der Waals surface area (Å²) in [6.45, 7) is 1.44. The van der Waals surface area contributed by atoms with Crippen LogP contribution < -0.4 is 0 Å². The van der Waals surface area contributed by atoms with Crippen molar-refractivity contribution < 1.29 is 22.0 Å². The van der Waals surface area contributed by atoms with Gasteiger partial charge in [0.15, 0.2) is 5.15 Å². The van der Waals surface area contributed by atoms with E-state index in [0.717, 1.165) is 4.57 Å². The highest BCUT2D eigenvalue weighted by atomic mass is 35.5. The van der Waals surface area contributed by atoms with E-state index in [2.05, 4.69) is 4.98 Å². The maximum Gasteiger partial charge on any atom is 0.416 e. The first-order valence-electron chi connectivity index (χ1n) is 5.78. The molecule has 0 N–H and O–H groups in total. The maximum absolute atomic E-state index is 12.8. The third kappa shape index (κ3) is 3.87. The van der Waals surface area contributed by atoms with Crippen LogP contribution in [-0.4, -0.2) is 15.3 Å². The van der Waals surface area contributed by atoms with Gasteiger partial charge in [-0.1, -0.05) is 34.8 Å². The molecule has 2 nitrogen and oxygen atoms in total. The number of rotatable bonds is 3. The Labute approximate surface area is 146 Å². The predicted octanol–water partition coefficient (Wildman–Crippen LogP) is 6.47. The van der Waals surface area contributed by atoms with E-state index in [0.29, 0.717) is 12.1 Å². The van der Waals surface area contributed by atoms with Crippen LogP contribution in [0.1, 0.15) is 11.4 Å². The lowest BCUT2D eigenvalue weighted by molar-refractivity contribution is -0.137. The molecule has 0 radical (unpaired) electrons. The van der Waals surface area contributed by atoms with E-state index in [9.17, 15) is 22.0 Å². The molecule has 0 aliphatic rings. The minimum atomic E-state index is -4.64. The molecule has 0 atom stereocenters. The van der Waals surface area contributed by atoms with Crippen LogP contribution in [0, 0.1) is 6.92 Å². The van der Waals surface area contributed by atoms with Crippen LogP contribution in [-0.2, 0) is 6.18 Å². The molecule has 0 aliphatic heterocycles. The van der Waals surface area contributed by atoms with E-state index >= 15 is 0 Å². The molecule has 0 unspecified atom stereocenters. The van der Waals surface area contributed by atoms with Crippen LogP contribution in [0.5, 0.6) is 0 Å². The highest BCUT2D eigenvalue weighted by molar-refractivity contribution is 7.99. The molecule has 0 spiro atoms. The summed E-state index contributed by atoms with van der Waals surface area (Å²) < 4.78 is 64.7. The zero-order valence-corrected chi connectivity index (χ0v) is 14.1. The second-order valence-electron chi connectivity index (χ2n) is 4.26. The van der Waals surface area contributed by atoms with E-state index in [4.69, 9.17) is 34.8 Å². The normalized spacial score (nSPS) is 12.3. The summed E-state index contributed by atoms with van der Waals surface area (Å²) in [6.07, 6.45) is -4.64. The standard InChI is InChI=1S/C12H6Cl3F5N2S/c1-4-21-9(15)10(23-11(16)17)22(4)8-6(13)2-5(3-7(8)14)12(18,19)20/h2-3,11H,1H3. The van der Waals surface area contributed by atoms with Crippen LogP contribution in [0.25, 0.3) is 5.69 Å². The number of nitrogens with zero attached hydrogens (tertiary/aromatic N) is 2. The summed E-state index contributed by atoms with van der Waals surface area (Å²) in [4.78, 5) is 3.83. The van der Waals surface area contributed by atoms with Crippen molar-refractivity contribution >= 4 is 46.6 Å². The van der Waals surface area contributed by atoms with Crippen molar-refractivity contribution in [3.05, 3.63) is 38.7 Å². The minimum absolute atomic E-state index is 0.0902. The van der Waals surface area contributed by atoms with Gasteiger partial charge in [-0.15, -0.1) is 0 Å². The van der Waals surface area contributed by atoms with E-state index < -0.39 is 17.5 Å². The Bertz CT molecular complexity index is 722. The third-order valence-corrected chi connectivity index (χ3v) is 4.46. The Balaban J connectivity index is 2.68. The zero-order chi connectivity index (χ0) is 17.5. The highest BCUT2D eigenvalue weighted by Crippen LogP contribution is 2.41. The van der Waals surface area contributed by atoms with Crippen LogP contribution in [0.15, 0.2) is 17.2 Å². The average Bonchev–Trinajstić information content (AvgIpc) is 2.63. The smallest absolute Gasteiger partial charge is 0.287 e. The molecule has 126 valence electrons. The summed E-state index contributed by atoms with van der Waals surface area (Å²) >= 11 is 17.7. The Kier molecular flexibility index (Phi) is 5.40. The Morgan fingerprint density at radius 3 is 2.09 bits per heavy atom. The molecule has 2 rings (SSSR count). The van der Waals surface area contributed by atoms with E-state index in [1.807, 2.05) is 0 Å². The SMILES string of the molecule is Cc1nc(Cl)c(SC(F)F)n1-c1c(Cl)cc(C(F)(F)F)cc1Cl. The molecule has 0 fully saturated rings. The largest absolute Gasteiger partial charge is 0.416 e. The first-order chi connectivity index (χ1) is 10.5. The van der Waals surface area contributed by atoms with Gasteiger partial charge in [-0.3, -0.25) is 4.57 Å². The maximum atomic E-state index is 12.8. The van der Waals surface area contributed by atoms with Crippen LogP contribution in [0.4, 0.5) is 22.0 Å². The highest BCUT2D eigenvalue weighted by Gasteiger charge is 2.33. The molecule has 0 saturated carbocycles. The summed E-state index contributed by atoms with van der Waals surface area (Å²) in [6, 6.07) is 1.32. The van der Waals surface area contributed by atoms with Gasteiger partial charge in [-0.2, -0.15) is 22.0 Å². The number of hydrogen-bond donors (Lipinski definition) is 0.